The van der Waals surface area contributed by atoms with Crippen LogP contribution in [0.3, 0.4) is 0 Å². The standard InChI is InChI=1S/C52H30N12/c1-2-9-36-35(8-1)45-57-46(36)59-48-39-12-5-6-13-40(39)50(61-48)63-52-44-34(14-7-15-41(44)51(64-52)62-49-38-11-4-3-10-37(38)47(58-45)60-49)42-25-33-24-31-19-18-29(54-31)22-27-16-17-28(53-27)23-30-20-21-32(55-30)26-43(42)56-33/h1-26,54-55H,(H2,57,58,59,60,61,62,63,64). The van der Waals surface area contributed by atoms with Gasteiger partial charge in [0.1, 0.15) is 22.6 Å². The van der Waals surface area contributed by atoms with Crippen LogP contribution in [-0.2, 0) is 0 Å². The first-order valence-corrected chi connectivity index (χ1v) is 20.9. The number of H-pyrrole nitrogens is 4. The number of hydrogen-bond acceptors (Lipinski definition) is 8. The van der Waals surface area contributed by atoms with E-state index >= 15 is 0 Å². The van der Waals surface area contributed by atoms with Crippen molar-refractivity contribution >= 4 is 90.0 Å². The fraction of sp³-hybridized carbons (Fsp3) is 0. The molecule has 4 N–H and O–H groups in total. The molecule has 0 atom stereocenters. The largest absolute Gasteiger partial charge is 0.355 e. The molecule has 6 aromatic heterocycles. The normalized spacial score (nSPS) is 12.7. The number of nitrogens with one attached hydrogen (secondary N) is 4. The first-order valence-electron chi connectivity index (χ1n) is 20.9. The van der Waals surface area contributed by atoms with Gasteiger partial charge in [-0.25, -0.2) is 39.9 Å². The first-order chi connectivity index (χ1) is 31.6. The van der Waals surface area contributed by atoms with E-state index in [0.29, 0.717) is 45.9 Å². The highest BCUT2D eigenvalue weighted by atomic mass is 15.1. The molecule has 0 aliphatic carbocycles. The number of nitrogens with zero attached hydrogens (tertiary/aromatic N) is 8. The molecule has 12 nitrogen and oxygen atoms in total. The van der Waals surface area contributed by atoms with Crippen molar-refractivity contribution in [1.29, 1.82) is 0 Å². The Hall–Kier alpha value is -9.16. The Labute approximate surface area is 362 Å². The summed E-state index contributed by atoms with van der Waals surface area (Å²) in [7, 11) is 0. The predicted octanol–water partition coefficient (Wildman–Crippen LogP) is 11.3. The van der Waals surface area contributed by atoms with Crippen LogP contribution >= 0.6 is 0 Å². The van der Waals surface area contributed by atoms with E-state index in [2.05, 4.69) is 80.6 Å². The quantitative estimate of drug-likeness (QED) is 0.127. The van der Waals surface area contributed by atoms with E-state index in [1.165, 1.54) is 0 Å². The van der Waals surface area contributed by atoms with Crippen LogP contribution in [0.5, 0.6) is 0 Å². The van der Waals surface area contributed by atoms with E-state index in [1.54, 1.807) is 0 Å². The van der Waals surface area contributed by atoms with Crippen LogP contribution in [-0.4, -0.2) is 59.8 Å². The summed E-state index contributed by atoms with van der Waals surface area (Å²) in [6, 6.07) is 47.0. The number of rotatable bonds is 1. The Balaban J connectivity index is 1.06. The van der Waals surface area contributed by atoms with Crippen molar-refractivity contribution in [3.8, 4) is 45.6 Å². The summed E-state index contributed by atoms with van der Waals surface area (Å²) >= 11 is 0. The fourth-order valence-corrected chi connectivity index (χ4v) is 9.14. The van der Waals surface area contributed by atoms with Crippen molar-refractivity contribution in [1.82, 2.24) is 59.8 Å². The van der Waals surface area contributed by atoms with Crippen LogP contribution in [0.25, 0.3) is 136 Å². The summed E-state index contributed by atoms with van der Waals surface area (Å²) in [5, 5.41) is 3.63. The maximum atomic E-state index is 5.37. The molecule has 10 heterocycles. The van der Waals surface area contributed by atoms with E-state index in [-0.39, 0.29) is 0 Å². The highest BCUT2D eigenvalue weighted by Gasteiger charge is 2.27. The van der Waals surface area contributed by atoms with Crippen LogP contribution in [0.15, 0.2) is 140 Å². The molecule has 12 heteroatoms. The molecule has 4 aromatic carbocycles. The van der Waals surface area contributed by atoms with Gasteiger partial charge in [-0.15, -0.1) is 0 Å². The van der Waals surface area contributed by atoms with Gasteiger partial charge >= 0.3 is 0 Å². The van der Waals surface area contributed by atoms with Gasteiger partial charge in [-0.2, -0.15) is 0 Å². The van der Waals surface area contributed by atoms with E-state index in [4.69, 9.17) is 39.9 Å². The van der Waals surface area contributed by atoms with Crippen molar-refractivity contribution < 1.29 is 0 Å². The van der Waals surface area contributed by atoms with Crippen LogP contribution in [0.1, 0.15) is 28.3 Å². The molecule has 16 bridgehead atoms. The molecule has 64 heavy (non-hydrogen) atoms. The molecular formula is C52H30N12. The van der Waals surface area contributed by atoms with Gasteiger partial charge in [0.2, 0.25) is 0 Å². The van der Waals surface area contributed by atoms with Crippen LogP contribution in [0.4, 0.5) is 0 Å². The van der Waals surface area contributed by atoms with Crippen molar-refractivity contribution in [2.24, 2.45) is 0 Å². The van der Waals surface area contributed by atoms with Gasteiger partial charge in [-0.05, 0) is 72.3 Å². The van der Waals surface area contributed by atoms with E-state index < -0.39 is 0 Å². The van der Waals surface area contributed by atoms with Crippen LogP contribution in [0.2, 0.25) is 0 Å². The smallest absolute Gasteiger partial charge is 0.165 e. The number of hydrogen-bond donors (Lipinski definition) is 4. The Morgan fingerprint density at radius 1 is 0.312 bits per heavy atom. The third kappa shape index (κ3) is 5.49. The van der Waals surface area contributed by atoms with E-state index in [1.807, 2.05) is 97.1 Å². The van der Waals surface area contributed by atoms with Crippen molar-refractivity contribution in [2.75, 3.05) is 0 Å². The summed E-state index contributed by atoms with van der Waals surface area (Å²) in [6.45, 7) is 0. The van der Waals surface area contributed by atoms with Gasteiger partial charge in [0, 0.05) is 71.4 Å². The summed E-state index contributed by atoms with van der Waals surface area (Å²) in [5.74, 6) is 2.16. The zero-order valence-electron chi connectivity index (χ0n) is 33.6. The van der Waals surface area contributed by atoms with Gasteiger partial charge in [-0.1, -0.05) is 91.0 Å². The highest BCUT2D eigenvalue weighted by molar-refractivity contribution is 6.07. The molecule has 4 aliphatic rings. The Bertz CT molecular complexity index is 4100. The average Bonchev–Trinajstić information content (AvgIpc) is 4.20. The average molecular weight is 823 g/mol. The van der Waals surface area contributed by atoms with Gasteiger partial charge in [0.15, 0.2) is 23.3 Å². The minimum Gasteiger partial charge on any atom is -0.355 e. The molecule has 0 fully saturated rings. The zero-order chi connectivity index (χ0) is 41.9. The molecule has 0 saturated heterocycles. The number of benzene rings is 4. The van der Waals surface area contributed by atoms with Crippen molar-refractivity contribution in [3.05, 3.63) is 168 Å². The minimum absolute atomic E-state index is 0.508. The maximum absolute atomic E-state index is 5.37. The summed E-state index contributed by atoms with van der Waals surface area (Å²) in [5.41, 5.74) is 14.9. The monoisotopic (exact) mass is 822 g/mol. The van der Waals surface area contributed by atoms with Gasteiger partial charge in [0.05, 0.1) is 22.8 Å². The first kappa shape index (κ1) is 34.5. The lowest BCUT2D eigenvalue weighted by Crippen LogP contribution is -1.92. The summed E-state index contributed by atoms with van der Waals surface area (Å²) in [4.78, 5) is 55.5. The van der Waals surface area contributed by atoms with Crippen molar-refractivity contribution in [2.45, 2.75) is 0 Å². The molecule has 0 saturated carbocycles. The zero-order valence-corrected chi connectivity index (χ0v) is 33.6. The Kier molecular flexibility index (Phi) is 7.11. The number of fused-ring (bicyclic) bond motifs is 28. The second kappa shape index (κ2) is 13.2. The molecule has 0 amide bonds. The van der Waals surface area contributed by atoms with E-state index in [0.717, 1.165) is 99.8 Å². The molecule has 0 radical (unpaired) electrons. The third-order valence-electron chi connectivity index (χ3n) is 12.0. The van der Waals surface area contributed by atoms with Crippen LogP contribution < -0.4 is 0 Å². The third-order valence-corrected chi connectivity index (χ3v) is 12.0. The minimum atomic E-state index is 0.508. The topological polar surface area (TPSA) is 166 Å². The summed E-state index contributed by atoms with van der Waals surface area (Å²) in [6.07, 6.45) is 6.18. The molecule has 10 aromatic rings. The van der Waals surface area contributed by atoms with E-state index in [9.17, 15) is 0 Å². The Morgan fingerprint density at radius 2 is 0.750 bits per heavy atom. The maximum Gasteiger partial charge on any atom is 0.165 e. The number of aromatic amines is 4. The molecule has 14 rings (SSSR count). The predicted molar refractivity (Wildman–Crippen MR) is 253 cm³/mol. The second-order valence-corrected chi connectivity index (χ2v) is 16.1. The fourth-order valence-electron chi connectivity index (χ4n) is 9.14. The van der Waals surface area contributed by atoms with Crippen LogP contribution in [0, 0.1) is 0 Å². The molecular weight excluding hydrogens is 793 g/mol. The molecule has 0 unspecified atom stereocenters. The van der Waals surface area contributed by atoms with Gasteiger partial charge in [0.25, 0.3) is 0 Å². The van der Waals surface area contributed by atoms with Crippen molar-refractivity contribution in [3.63, 3.8) is 0 Å². The SMILES string of the molecule is C1=Cc2cc3ccc(cc4nc(cc5ccc(cc1n2)[nH]5)C=C4c1cccc2c1-c1nc-2nc2[nH]c(nc4nc(nc5[nH]c(n1)c1ccccc51)-c1ccccc1-4)c1ccccc21)[nH]3. The van der Waals surface area contributed by atoms with Gasteiger partial charge in [-0.3, -0.25) is 0 Å². The van der Waals surface area contributed by atoms with Gasteiger partial charge < -0.3 is 19.9 Å². The second-order valence-electron chi connectivity index (χ2n) is 16.1. The lowest BCUT2D eigenvalue weighted by molar-refractivity contribution is 1.19. The summed E-state index contributed by atoms with van der Waals surface area (Å²) < 4.78 is 0. The molecule has 298 valence electrons. The lowest BCUT2D eigenvalue weighted by atomic mass is 9.94. The Morgan fingerprint density at radius 3 is 1.31 bits per heavy atom. The number of aromatic nitrogens is 12. The highest BCUT2D eigenvalue weighted by Crippen LogP contribution is 2.43. The molecule has 4 aliphatic heterocycles. The lowest BCUT2D eigenvalue weighted by Gasteiger charge is -2.09. The molecule has 0 spiro atoms.